The van der Waals surface area contributed by atoms with E-state index in [2.05, 4.69) is 0 Å². The van der Waals surface area contributed by atoms with Crippen LogP contribution in [-0.2, 0) is 6.42 Å². The first-order valence-electron chi connectivity index (χ1n) is 5.86. The van der Waals surface area contributed by atoms with Gasteiger partial charge in [0.15, 0.2) is 0 Å². The summed E-state index contributed by atoms with van der Waals surface area (Å²) < 4.78 is 18.3. The lowest BCUT2D eigenvalue weighted by Gasteiger charge is -2.15. The number of hydrogen-bond donors (Lipinski definition) is 1. The van der Waals surface area contributed by atoms with Gasteiger partial charge in [0.2, 0.25) is 0 Å². The predicted octanol–water partition coefficient (Wildman–Crippen LogP) is 3.76. The molecule has 100 valence electrons. The lowest BCUT2D eigenvalue weighted by atomic mass is 10.0. The number of aliphatic hydroxyl groups is 1. The first-order valence-corrected chi connectivity index (χ1v) is 6.24. The van der Waals surface area contributed by atoms with E-state index in [1.165, 1.54) is 19.2 Å². The molecule has 0 amide bonds. The molecule has 0 aliphatic carbocycles. The van der Waals surface area contributed by atoms with Crippen molar-refractivity contribution in [2.24, 2.45) is 0 Å². The van der Waals surface area contributed by atoms with Gasteiger partial charge in [-0.1, -0.05) is 29.8 Å². The SMILES string of the molecule is COc1cc(Cl)ccc1C(O)Cc1cccc(F)c1. The highest BCUT2D eigenvalue weighted by atomic mass is 35.5. The molecule has 1 atom stereocenters. The molecular weight excluding hydrogens is 267 g/mol. The molecule has 0 spiro atoms. The van der Waals surface area contributed by atoms with Crippen LogP contribution >= 0.6 is 11.6 Å². The molecule has 2 rings (SSSR count). The van der Waals surface area contributed by atoms with Crippen LogP contribution in [0.25, 0.3) is 0 Å². The van der Waals surface area contributed by atoms with Crippen molar-refractivity contribution in [1.29, 1.82) is 0 Å². The van der Waals surface area contributed by atoms with Gasteiger partial charge in [0.1, 0.15) is 11.6 Å². The van der Waals surface area contributed by atoms with Crippen molar-refractivity contribution >= 4 is 11.6 Å². The Morgan fingerprint density at radius 3 is 2.74 bits per heavy atom. The van der Waals surface area contributed by atoms with E-state index in [0.717, 1.165) is 5.56 Å². The molecule has 0 bridgehead atoms. The molecule has 0 saturated heterocycles. The van der Waals surface area contributed by atoms with Gasteiger partial charge in [-0.15, -0.1) is 0 Å². The molecule has 19 heavy (non-hydrogen) atoms. The average molecular weight is 281 g/mol. The van der Waals surface area contributed by atoms with Gasteiger partial charge in [-0.25, -0.2) is 4.39 Å². The summed E-state index contributed by atoms with van der Waals surface area (Å²) in [6.45, 7) is 0. The second-order valence-electron chi connectivity index (χ2n) is 4.24. The van der Waals surface area contributed by atoms with Crippen molar-refractivity contribution in [2.45, 2.75) is 12.5 Å². The molecule has 0 saturated carbocycles. The summed E-state index contributed by atoms with van der Waals surface area (Å²) in [4.78, 5) is 0. The minimum Gasteiger partial charge on any atom is -0.496 e. The number of methoxy groups -OCH3 is 1. The third-order valence-corrected chi connectivity index (χ3v) is 3.11. The summed E-state index contributed by atoms with van der Waals surface area (Å²) in [6.07, 6.45) is -0.454. The van der Waals surface area contributed by atoms with E-state index in [9.17, 15) is 9.50 Å². The van der Waals surface area contributed by atoms with Crippen LogP contribution in [0, 0.1) is 5.82 Å². The molecule has 1 unspecified atom stereocenters. The van der Waals surface area contributed by atoms with Gasteiger partial charge in [-0.05, 0) is 29.8 Å². The summed E-state index contributed by atoms with van der Waals surface area (Å²) in [5.41, 5.74) is 1.36. The molecule has 2 aromatic carbocycles. The third kappa shape index (κ3) is 3.46. The number of hydrogen-bond acceptors (Lipinski definition) is 2. The molecule has 4 heteroatoms. The number of halogens is 2. The zero-order valence-electron chi connectivity index (χ0n) is 10.4. The van der Waals surface area contributed by atoms with Gasteiger partial charge in [0.05, 0.1) is 13.2 Å². The molecule has 2 nitrogen and oxygen atoms in total. The highest BCUT2D eigenvalue weighted by molar-refractivity contribution is 6.30. The second kappa shape index (κ2) is 6.04. The van der Waals surface area contributed by atoms with Crippen molar-refractivity contribution in [2.75, 3.05) is 7.11 Å². The highest BCUT2D eigenvalue weighted by Crippen LogP contribution is 2.30. The number of ether oxygens (including phenoxy) is 1. The Balaban J connectivity index is 2.22. The fourth-order valence-electron chi connectivity index (χ4n) is 1.96. The van der Waals surface area contributed by atoms with E-state index in [4.69, 9.17) is 16.3 Å². The predicted molar refractivity (Wildman–Crippen MR) is 73.1 cm³/mol. The van der Waals surface area contributed by atoms with Gasteiger partial charge in [0.25, 0.3) is 0 Å². The molecule has 2 aromatic rings. The molecule has 1 N–H and O–H groups in total. The van der Waals surface area contributed by atoms with Gasteiger partial charge in [-0.2, -0.15) is 0 Å². The van der Waals surface area contributed by atoms with Crippen LogP contribution in [-0.4, -0.2) is 12.2 Å². The molecule has 0 fully saturated rings. The van der Waals surface area contributed by atoms with E-state index in [1.807, 2.05) is 0 Å². The zero-order chi connectivity index (χ0) is 13.8. The lowest BCUT2D eigenvalue weighted by Crippen LogP contribution is -2.04. The monoisotopic (exact) mass is 280 g/mol. The summed E-state index contributed by atoms with van der Waals surface area (Å²) >= 11 is 5.87. The van der Waals surface area contributed by atoms with Gasteiger partial charge in [0, 0.05) is 17.0 Å². The minimum absolute atomic E-state index is 0.312. The number of rotatable bonds is 4. The molecule has 0 heterocycles. The number of benzene rings is 2. The van der Waals surface area contributed by atoms with Crippen LogP contribution in [0.2, 0.25) is 5.02 Å². The van der Waals surface area contributed by atoms with Crippen molar-refractivity contribution in [1.82, 2.24) is 0 Å². The number of aliphatic hydroxyl groups excluding tert-OH is 1. The van der Waals surface area contributed by atoms with Crippen LogP contribution in [0.1, 0.15) is 17.2 Å². The highest BCUT2D eigenvalue weighted by Gasteiger charge is 2.14. The second-order valence-corrected chi connectivity index (χ2v) is 4.67. The van der Waals surface area contributed by atoms with Gasteiger partial charge >= 0.3 is 0 Å². The van der Waals surface area contributed by atoms with Crippen molar-refractivity contribution in [3.63, 3.8) is 0 Å². The van der Waals surface area contributed by atoms with Crippen LogP contribution in [0.5, 0.6) is 5.75 Å². The van der Waals surface area contributed by atoms with Crippen molar-refractivity contribution < 1.29 is 14.2 Å². The first-order chi connectivity index (χ1) is 9.10. The summed E-state index contributed by atoms with van der Waals surface area (Å²) in [5, 5.41) is 10.8. The van der Waals surface area contributed by atoms with E-state index in [1.54, 1.807) is 30.3 Å². The third-order valence-electron chi connectivity index (χ3n) is 2.87. The Kier molecular flexibility index (Phi) is 4.40. The van der Waals surface area contributed by atoms with Crippen LogP contribution < -0.4 is 4.74 Å². The largest absolute Gasteiger partial charge is 0.496 e. The Morgan fingerprint density at radius 2 is 2.05 bits per heavy atom. The molecular formula is C15H14ClFO2. The van der Waals surface area contributed by atoms with Crippen LogP contribution in [0.4, 0.5) is 4.39 Å². The Hall–Kier alpha value is -1.58. The molecule has 0 aliphatic heterocycles. The van der Waals surface area contributed by atoms with E-state index in [-0.39, 0.29) is 5.82 Å². The van der Waals surface area contributed by atoms with Crippen LogP contribution in [0.15, 0.2) is 42.5 Å². The Morgan fingerprint density at radius 1 is 1.26 bits per heavy atom. The topological polar surface area (TPSA) is 29.5 Å². The van der Waals surface area contributed by atoms with E-state index < -0.39 is 6.10 Å². The minimum atomic E-state index is -0.769. The smallest absolute Gasteiger partial charge is 0.126 e. The van der Waals surface area contributed by atoms with Crippen molar-refractivity contribution in [3.8, 4) is 5.75 Å². The Labute approximate surface area is 116 Å². The fourth-order valence-corrected chi connectivity index (χ4v) is 2.12. The fraction of sp³-hybridized carbons (Fsp3) is 0.200. The average Bonchev–Trinajstić information content (AvgIpc) is 2.38. The maximum atomic E-state index is 13.1. The van der Waals surface area contributed by atoms with Gasteiger partial charge in [-0.3, -0.25) is 0 Å². The maximum Gasteiger partial charge on any atom is 0.126 e. The standard InChI is InChI=1S/C15H14ClFO2/c1-19-15-9-11(16)5-6-13(15)14(18)8-10-3-2-4-12(17)7-10/h2-7,9,14,18H,8H2,1H3. The van der Waals surface area contributed by atoms with Crippen LogP contribution in [0.3, 0.4) is 0 Å². The van der Waals surface area contributed by atoms with E-state index in [0.29, 0.717) is 22.8 Å². The molecule has 0 aliphatic rings. The maximum absolute atomic E-state index is 13.1. The zero-order valence-corrected chi connectivity index (χ0v) is 11.2. The first kappa shape index (κ1) is 13.8. The van der Waals surface area contributed by atoms with E-state index >= 15 is 0 Å². The molecule has 0 radical (unpaired) electrons. The Bertz CT molecular complexity index is 572. The van der Waals surface area contributed by atoms with Gasteiger partial charge < -0.3 is 9.84 Å². The van der Waals surface area contributed by atoms with Crippen molar-refractivity contribution in [3.05, 3.63) is 64.4 Å². The normalized spacial score (nSPS) is 12.2. The summed E-state index contributed by atoms with van der Waals surface area (Å²) in [5.74, 6) is 0.212. The summed E-state index contributed by atoms with van der Waals surface area (Å²) in [6, 6.07) is 11.2. The lowest BCUT2D eigenvalue weighted by molar-refractivity contribution is 0.174. The molecule has 0 aromatic heterocycles. The quantitative estimate of drug-likeness (QED) is 0.924. The summed E-state index contributed by atoms with van der Waals surface area (Å²) in [7, 11) is 1.52.